The Hall–Kier alpha value is -1.88. The summed E-state index contributed by atoms with van der Waals surface area (Å²) in [4.78, 5) is 24.7. The van der Waals surface area contributed by atoms with Crippen molar-refractivity contribution in [2.24, 2.45) is 5.92 Å². The van der Waals surface area contributed by atoms with Crippen LogP contribution < -0.4 is 5.32 Å². The summed E-state index contributed by atoms with van der Waals surface area (Å²) in [6, 6.07) is 8.66. The number of carbonyl (C=O) groups excluding carboxylic acids is 2. The number of amides is 1. The molecule has 4 atom stereocenters. The normalized spacial score (nSPS) is 38.0. The molecule has 1 heterocycles. The van der Waals surface area contributed by atoms with Crippen LogP contribution in [0.2, 0.25) is 0 Å². The molecule has 0 radical (unpaired) electrons. The summed E-state index contributed by atoms with van der Waals surface area (Å²) in [6.45, 7) is 3.81. The highest BCUT2D eigenvalue weighted by atomic mass is 16.6. The van der Waals surface area contributed by atoms with Crippen molar-refractivity contribution in [3.05, 3.63) is 35.9 Å². The highest BCUT2D eigenvalue weighted by Crippen LogP contribution is 2.48. The van der Waals surface area contributed by atoms with E-state index in [1.165, 1.54) is 0 Å². The molecular formula is C16H19NO4. The van der Waals surface area contributed by atoms with E-state index >= 15 is 0 Å². The molecule has 2 N–H and O–H groups in total. The molecule has 112 valence electrons. The molecule has 2 bridgehead atoms. The number of hydrogen-bond acceptors (Lipinski definition) is 4. The van der Waals surface area contributed by atoms with E-state index in [1.807, 2.05) is 19.9 Å². The summed E-state index contributed by atoms with van der Waals surface area (Å²) in [5.74, 6) is -0.850. The van der Waals surface area contributed by atoms with Crippen molar-refractivity contribution in [3.8, 4) is 0 Å². The molecule has 1 saturated heterocycles. The number of benzene rings is 1. The van der Waals surface area contributed by atoms with E-state index in [1.54, 1.807) is 24.3 Å². The molecule has 2 fully saturated rings. The van der Waals surface area contributed by atoms with Gasteiger partial charge < -0.3 is 15.2 Å². The van der Waals surface area contributed by atoms with Crippen LogP contribution in [0.3, 0.4) is 0 Å². The minimum Gasteiger partial charge on any atom is -0.457 e. The first kappa shape index (κ1) is 14.1. The minimum absolute atomic E-state index is 0.0562. The number of esters is 1. The first-order chi connectivity index (χ1) is 9.87. The lowest BCUT2D eigenvalue weighted by molar-refractivity contribution is -0.152. The third kappa shape index (κ3) is 2.03. The van der Waals surface area contributed by atoms with Gasteiger partial charge in [-0.15, -0.1) is 0 Å². The Morgan fingerprint density at radius 2 is 2.05 bits per heavy atom. The molecule has 1 aliphatic heterocycles. The van der Waals surface area contributed by atoms with Crippen LogP contribution >= 0.6 is 0 Å². The van der Waals surface area contributed by atoms with Crippen LogP contribution in [0.4, 0.5) is 0 Å². The SMILES string of the molecule is C[C@@H]1C[C@@H](O)[C@@]2(NC(=O)c3ccccc3)C[C@@]1(C)OC2=O. The summed E-state index contributed by atoms with van der Waals surface area (Å²) in [5.41, 5.74) is -1.49. The van der Waals surface area contributed by atoms with Gasteiger partial charge in [0.2, 0.25) is 0 Å². The fourth-order valence-corrected chi connectivity index (χ4v) is 3.32. The molecule has 0 aromatic heterocycles. The zero-order valence-electron chi connectivity index (χ0n) is 12.1. The van der Waals surface area contributed by atoms with Gasteiger partial charge in [-0.2, -0.15) is 0 Å². The molecule has 21 heavy (non-hydrogen) atoms. The monoisotopic (exact) mass is 289 g/mol. The maximum Gasteiger partial charge on any atom is 0.335 e. The Bertz CT molecular complexity index is 587. The van der Waals surface area contributed by atoms with E-state index in [2.05, 4.69) is 5.32 Å². The number of hydrogen-bond donors (Lipinski definition) is 2. The smallest absolute Gasteiger partial charge is 0.335 e. The third-order valence-corrected chi connectivity index (χ3v) is 4.88. The Kier molecular flexibility index (Phi) is 3.06. The van der Waals surface area contributed by atoms with Crippen LogP contribution in [0.25, 0.3) is 0 Å². The largest absolute Gasteiger partial charge is 0.457 e. The van der Waals surface area contributed by atoms with Gasteiger partial charge in [-0.3, -0.25) is 4.79 Å². The lowest BCUT2D eigenvalue weighted by Gasteiger charge is -2.40. The van der Waals surface area contributed by atoms with Gasteiger partial charge in [-0.25, -0.2) is 4.79 Å². The molecule has 5 heteroatoms. The van der Waals surface area contributed by atoms with Gasteiger partial charge in [-0.05, 0) is 31.4 Å². The molecule has 5 nitrogen and oxygen atoms in total. The zero-order chi connectivity index (χ0) is 15.3. The summed E-state index contributed by atoms with van der Waals surface area (Å²) < 4.78 is 5.48. The van der Waals surface area contributed by atoms with E-state index in [0.29, 0.717) is 18.4 Å². The highest BCUT2D eigenvalue weighted by Gasteiger charge is 2.65. The van der Waals surface area contributed by atoms with Crippen LogP contribution in [0.15, 0.2) is 30.3 Å². The van der Waals surface area contributed by atoms with Gasteiger partial charge in [0.1, 0.15) is 5.60 Å². The Balaban J connectivity index is 1.90. The molecule has 1 amide bonds. The fourth-order valence-electron chi connectivity index (χ4n) is 3.32. The van der Waals surface area contributed by atoms with Crippen LogP contribution in [-0.2, 0) is 9.53 Å². The Morgan fingerprint density at radius 1 is 1.38 bits per heavy atom. The average Bonchev–Trinajstić information content (AvgIpc) is 2.69. The second-order valence-electron chi connectivity index (χ2n) is 6.32. The summed E-state index contributed by atoms with van der Waals surface area (Å²) in [6.07, 6.45) is -0.194. The predicted molar refractivity (Wildman–Crippen MR) is 75.5 cm³/mol. The maximum atomic E-state index is 12.3. The van der Waals surface area contributed by atoms with Crippen LogP contribution in [-0.4, -0.2) is 34.2 Å². The minimum atomic E-state index is -1.33. The molecule has 3 rings (SSSR count). The van der Waals surface area contributed by atoms with E-state index in [9.17, 15) is 14.7 Å². The summed E-state index contributed by atoms with van der Waals surface area (Å²) in [5, 5.41) is 13.1. The van der Waals surface area contributed by atoms with Crippen molar-refractivity contribution >= 4 is 11.9 Å². The molecule has 0 spiro atoms. The van der Waals surface area contributed by atoms with E-state index in [-0.39, 0.29) is 11.8 Å². The Morgan fingerprint density at radius 3 is 2.71 bits per heavy atom. The number of aliphatic hydroxyl groups is 1. The topological polar surface area (TPSA) is 75.6 Å². The standard InChI is InChI=1S/C16H19NO4/c1-10-8-12(18)16(9-15(10,2)21-14(16)20)17-13(19)11-6-4-3-5-7-11/h3-7,10,12,18H,8-9H2,1-2H3,(H,17,19)/t10-,12-,15-,16+/m1/s1. The van der Waals surface area contributed by atoms with Crippen LogP contribution in [0.1, 0.15) is 37.0 Å². The van der Waals surface area contributed by atoms with Gasteiger partial charge >= 0.3 is 5.97 Å². The second-order valence-corrected chi connectivity index (χ2v) is 6.32. The first-order valence-electron chi connectivity index (χ1n) is 7.16. The number of ether oxygens (including phenoxy) is 1. The predicted octanol–water partition coefficient (Wildman–Crippen LogP) is 1.26. The molecule has 1 saturated carbocycles. The van der Waals surface area contributed by atoms with Gasteiger partial charge in [0.05, 0.1) is 6.10 Å². The molecule has 1 aliphatic carbocycles. The lowest BCUT2D eigenvalue weighted by Crippen LogP contribution is -2.62. The lowest BCUT2D eigenvalue weighted by atomic mass is 9.69. The van der Waals surface area contributed by atoms with E-state index in [0.717, 1.165) is 0 Å². The fraction of sp³-hybridized carbons (Fsp3) is 0.500. The Labute approximate surface area is 123 Å². The summed E-state index contributed by atoms with van der Waals surface area (Å²) >= 11 is 0. The van der Waals surface area contributed by atoms with Crippen molar-refractivity contribution in [2.75, 3.05) is 0 Å². The van der Waals surface area contributed by atoms with Crippen LogP contribution in [0.5, 0.6) is 0 Å². The molecule has 1 aromatic carbocycles. The summed E-state index contributed by atoms with van der Waals surface area (Å²) in [7, 11) is 0. The number of carbonyl (C=O) groups is 2. The number of nitrogens with one attached hydrogen (secondary N) is 1. The molecule has 2 aliphatic rings. The van der Waals surface area contributed by atoms with E-state index < -0.39 is 23.2 Å². The molecule has 1 aromatic rings. The highest BCUT2D eigenvalue weighted by molar-refractivity contribution is 5.99. The number of aliphatic hydroxyl groups excluding tert-OH is 1. The quantitative estimate of drug-likeness (QED) is 0.804. The number of rotatable bonds is 2. The maximum absolute atomic E-state index is 12.3. The van der Waals surface area contributed by atoms with Crippen LogP contribution in [0, 0.1) is 5.92 Å². The van der Waals surface area contributed by atoms with Crippen molar-refractivity contribution in [1.29, 1.82) is 0 Å². The van der Waals surface area contributed by atoms with Crippen molar-refractivity contribution < 1.29 is 19.4 Å². The van der Waals surface area contributed by atoms with Crippen molar-refractivity contribution in [2.45, 2.75) is 43.9 Å². The second kappa shape index (κ2) is 4.56. The van der Waals surface area contributed by atoms with Crippen molar-refractivity contribution in [1.82, 2.24) is 5.32 Å². The van der Waals surface area contributed by atoms with Gasteiger partial charge in [-0.1, -0.05) is 25.1 Å². The zero-order valence-corrected chi connectivity index (χ0v) is 12.1. The van der Waals surface area contributed by atoms with E-state index in [4.69, 9.17) is 4.74 Å². The van der Waals surface area contributed by atoms with Gasteiger partial charge in [0, 0.05) is 12.0 Å². The molecular weight excluding hydrogens is 270 g/mol. The third-order valence-electron chi connectivity index (χ3n) is 4.88. The molecule has 0 unspecified atom stereocenters. The van der Waals surface area contributed by atoms with Gasteiger partial charge in [0.15, 0.2) is 5.54 Å². The van der Waals surface area contributed by atoms with Gasteiger partial charge in [0.25, 0.3) is 5.91 Å². The van der Waals surface area contributed by atoms with Crippen molar-refractivity contribution in [3.63, 3.8) is 0 Å². The first-order valence-corrected chi connectivity index (χ1v) is 7.16. The number of fused-ring (bicyclic) bond motifs is 2. The average molecular weight is 289 g/mol.